The molecule has 6 nitrogen and oxygen atoms in total. The topological polar surface area (TPSA) is 88.3 Å². The van der Waals surface area contributed by atoms with Crippen LogP contribution in [0.25, 0.3) is 0 Å². The monoisotopic (exact) mass is 330 g/mol. The summed E-state index contributed by atoms with van der Waals surface area (Å²) < 4.78 is 0. The summed E-state index contributed by atoms with van der Waals surface area (Å²) in [7, 11) is 0. The van der Waals surface area contributed by atoms with Crippen molar-refractivity contribution in [1.82, 2.24) is 15.2 Å². The molecule has 2 rings (SSSR count). The lowest BCUT2D eigenvalue weighted by Gasteiger charge is -2.32. The van der Waals surface area contributed by atoms with E-state index in [1.165, 1.54) is 12.1 Å². The molecule has 2 heterocycles. The molecular formula is C13H16Cl2N4O2. The molecule has 0 bridgehead atoms. The molecule has 1 aliphatic rings. The van der Waals surface area contributed by atoms with E-state index >= 15 is 0 Å². The third-order valence-electron chi connectivity index (χ3n) is 3.38. The number of halogens is 2. The Morgan fingerprint density at radius 1 is 1.38 bits per heavy atom. The molecule has 0 aromatic carbocycles. The second-order valence-electron chi connectivity index (χ2n) is 5.01. The lowest BCUT2D eigenvalue weighted by atomic mass is 9.97. The van der Waals surface area contributed by atoms with E-state index in [1.807, 2.05) is 0 Å². The maximum absolute atomic E-state index is 12.5. The zero-order chi connectivity index (χ0) is 15.4. The molecule has 1 aromatic heterocycles. The molecule has 1 atom stereocenters. The highest BCUT2D eigenvalue weighted by Crippen LogP contribution is 2.21. The zero-order valence-electron chi connectivity index (χ0n) is 11.3. The molecule has 1 unspecified atom stereocenters. The first kappa shape index (κ1) is 15.9. The van der Waals surface area contributed by atoms with Crippen LogP contribution in [0.2, 0.25) is 10.3 Å². The highest BCUT2D eigenvalue weighted by atomic mass is 35.5. The van der Waals surface area contributed by atoms with Crippen LogP contribution in [0.3, 0.4) is 0 Å². The van der Waals surface area contributed by atoms with Crippen LogP contribution in [-0.4, -0.2) is 41.5 Å². The Hall–Kier alpha value is -1.53. The van der Waals surface area contributed by atoms with Crippen LogP contribution in [0.5, 0.6) is 0 Å². The molecule has 0 aliphatic carbocycles. The lowest BCUT2D eigenvalue weighted by molar-refractivity contribution is 0.0675. The number of carbonyl (C=O) groups is 2. The van der Waals surface area contributed by atoms with E-state index in [2.05, 4.69) is 10.3 Å². The van der Waals surface area contributed by atoms with Crippen molar-refractivity contribution in [1.29, 1.82) is 0 Å². The summed E-state index contributed by atoms with van der Waals surface area (Å²) >= 11 is 11.6. The average molecular weight is 331 g/mol. The minimum atomic E-state index is -0.550. The summed E-state index contributed by atoms with van der Waals surface area (Å²) in [6, 6.07) is 2.45. The quantitative estimate of drug-likeness (QED) is 0.829. The Bertz CT molecular complexity index is 533. The summed E-state index contributed by atoms with van der Waals surface area (Å²) in [5, 5.41) is 2.96. The summed E-state index contributed by atoms with van der Waals surface area (Å²) in [4.78, 5) is 28.8. The maximum Gasteiger partial charge on any atom is 0.312 e. The number of likely N-dealkylation sites (tertiary alicyclic amines) is 1. The minimum absolute atomic E-state index is 0.134. The molecule has 0 saturated carbocycles. The smallest absolute Gasteiger partial charge is 0.312 e. The van der Waals surface area contributed by atoms with Gasteiger partial charge < -0.3 is 16.0 Å². The highest BCUT2D eigenvalue weighted by Gasteiger charge is 2.25. The van der Waals surface area contributed by atoms with Gasteiger partial charge >= 0.3 is 6.03 Å². The Kier molecular flexibility index (Phi) is 5.25. The number of rotatable bonds is 3. The Balaban J connectivity index is 2.03. The second kappa shape index (κ2) is 6.95. The maximum atomic E-state index is 12.5. The molecule has 3 amide bonds. The van der Waals surface area contributed by atoms with E-state index in [9.17, 15) is 9.59 Å². The molecule has 3 N–H and O–H groups in total. The predicted octanol–water partition coefficient (Wildman–Crippen LogP) is 1.91. The number of nitrogens with two attached hydrogens (primary N) is 1. The van der Waals surface area contributed by atoms with E-state index in [0.717, 1.165) is 12.8 Å². The van der Waals surface area contributed by atoms with Gasteiger partial charge in [-0.25, -0.2) is 9.78 Å². The number of nitrogens with zero attached hydrogens (tertiary/aromatic N) is 2. The van der Waals surface area contributed by atoms with Gasteiger partial charge in [-0.1, -0.05) is 23.2 Å². The fourth-order valence-electron chi connectivity index (χ4n) is 2.43. The predicted molar refractivity (Wildman–Crippen MR) is 80.5 cm³/mol. The third-order valence-corrected chi connectivity index (χ3v) is 3.77. The van der Waals surface area contributed by atoms with Crippen molar-refractivity contribution in [2.75, 3.05) is 19.6 Å². The van der Waals surface area contributed by atoms with Gasteiger partial charge in [0.25, 0.3) is 5.91 Å². The van der Waals surface area contributed by atoms with Crippen LogP contribution in [0.1, 0.15) is 23.2 Å². The number of aromatic nitrogens is 1. The van der Waals surface area contributed by atoms with E-state index < -0.39 is 6.03 Å². The molecule has 1 saturated heterocycles. The zero-order valence-corrected chi connectivity index (χ0v) is 12.8. The SMILES string of the molecule is NC(=O)NCC1CCCN(C(=O)c2cc(Cl)nc(Cl)c2)C1. The van der Waals surface area contributed by atoms with Crippen molar-refractivity contribution < 1.29 is 9.59 Å². The molecule has 8 heteroatoms. The summed E-state index contributed by atoms with van der Waals surface area (Å²) in [6.45, 7) is 1.71. The normalized spacial score (nSPS) is 18.4. The van der Waals surface area contributed by atoms with Crippen molar-refractivity contribution in [2.45, 2.75) is 12.8 Å². The van der Waals surface area contributed by atoms with Crippen LogP contribution in [-0.2, 0) is 0 Å². The summed E-state index contributed by atoms with van der Waals surface area (Å²) in [5.41, 5.74) is 5.48. The first-order valence-corrected chi connectivity index (χ1v) is 7.37. The van der Waals surface area contributed by atoms with Crippen LogP contribution < -0.4 is 11.1 Å². The number of urea groups is 1. The van der Waals surface area contributed by atoms with Crippen molar-refractivity contribution in [3.63, 3.8) is 0 Å². The van der Waals surface area contributed by atoms with Crippen molar-refractivity contribution in [3.05, 3.63) is 28.0 Å². The number of piperidine rings is 1. The number of hydrogen-bond donors (Lipinski definition) is 2. The molecule has 21 heavy (non-hydrogen) atoms. The van der Waals surface area contributed by atoms with Crippen LogP contribution in [0.4, 0.5) is 4.79 Å². The largest absolute Gasteiger partial charge is 0.352 e. The number of carbonyl (C=O) groups excluding carboxylic acids is 2. The van der Waals surface area contributed by atoms with Crippen LogP contribution >= 0.6 is 23.2 Å². The first-order valence-electron chi connectivity index (χ1n) is 6.61. The fourth-order valence-corrected chi connectivity index (χ4v) is 2.89. The molecule has 114 valence electrons. The molecular weight excluding hydrogens is 315 g/mol. The summed E-state index contributed by atoms with van der Waals surface area (Å²) in [6.07, 6.45) is 1.82. The van der Waals surface area contributed by atoms with Crippen molar-refractivity contribution in [3.8, 4) is 0 Å². The van der Waals surface area contributed by atoms with E-state index in [0.29, 0.717) is 25.2 Å². The van der Waals surface area contributed by atoms with Gasteiger partial charge in [-0.05, 0) is 30.9 Å². The van der Waals surface area contributed by atoms with E-state index in [1.54, 1.807) is 4.90 Å². The Morgan fingerprint density at radius 3 is 2.67 bits per heavy atom. The molecule has 1 aliphatic heterocycles. The third kappa shape index (κ3) is 4.47. The van der Waals surface area contributed by atoms with Gasteiger partial charge in [0.15, 0.2) is 0 Å². The van der Waals surface area contributed by atoms with Gasteiger partial charge in [0, 0.05) is 25.2 Å². The van der Waals surface area contributed by atoms with Gasteiger partial charge in [-0.15, -0.1) is 0 Å². The van der Waals surface area contributed by atoms with Crippen LogP contribution in [0, 0.1) is 5.92 Å². The standard InChI is InChI=1S/C13H16Cl2N4O2/c14-10-4-9(5-11(15)18-10)12(20)19-3-1-2-8(7-19)6-17-13(16)21/h4-5,8H,1-3,6-7H2,(H3,16,17,21). The number of nitrogens with one attached hydrogen (secondary N) is 1. The number of amides is 3. The Labute approximate surface area is 132 Å². The first-order chi connectivity index (χ1) is 9.95. The highest BCUT2D eigenvalue weighted by molar-refractivity contribution is 6.33. The average Bonchev–Trinajstić information content (AvgIpc) is 2.43. The van der Waals surface area contributed by atoms with E-state index in [-0.39, 0.29) is 22.1 Å². The van der Waals surface area contributed by atoms with Gasteiger partial charge in [0.1, 0.15) is 10.3 Å². The Morgan fingerprint density at radius 2 is 2.05 bits per heavy atom. The molecule has 1 fully saturated rings. The molecule has 1 aromatic rings. The van der Waals surface area contributed by atoms with Crippen molar-refractivity contribution >= 4 is 35.1 Å². The lowest BCUT2D eigenvalue weighted by Crippen LogP contribution is -2.44. The molecule has 0 radical (unpaired) electrons. The van der Waals surface area contributed by atoms with Crippen molar-refractivity contribution in [2.24, 2.45) is 11.7 Å². The fraction of sp³-hybridized carbons (Fsp3) is 0.462. The van der Waals surface area contributed by atoms with Gasteiger partial charge in [-0.2, -0.15) is 0 Å². The van der Waals surface area contributed by atoms with E-state index in [4.69, 9.17) is 28.9 Å². The van der Waals surface area contributed by atoms with Crippen LogP contribution in [0.15, 0.2) is 12.1 Å². The van der Waals surface area contributed by atoms with Gasteiger partial charge in [-0.3, -0.25) is 4.79 Å². The van der Waals surface area contributed by atoms with Gasteiger partial charge in [0.2, 0.25) is 0 Å². The number of primary amides is 1. The molecule has 0 spiro atoms. The number of pyridine rings is 1. The minimum Gasteiger partial charge on any atom is -0.352 e. The second-order valence-corrected chi connectivity index (χ2v) is 5.78. The number of hydrogen-bond acceptors (Lipinski definition) is 3. The summed E-state index contributed by atoms with van der Waals surface area (Å²) in [5.74, 6) is 0.0629. The van der Waals surface area contributed by atoms with Gasteiger partial charge in [0.05, 0.1) is 0 Å².